The molecule has 0 heterocycles. The number of aryl methyl sites for hydroxylation is 8. The van der Waals surface area contributed by atoms with Crippen LogP contribution in [0.1, 0.15) is 77.9 Å². The van der Waals surface area contributed by atoms with Crippen molar-refractivity contribution in [3.8, 4) is 0 Å². The van der Waals surface area contributed by atoms with Crippen LogP contribution in [0.2, 0.25) is 0 Å². The number of nitrogens with two attached hydrogens (primary N) is 6. The molecule has 0 amide bonds. The van der Waals surface area contributed by atoms with Gasteiger partial charge < -0.3 is 34.4 Å². The third-order valence-corrected chi connectivity index (χ3v) is 9.91. The Morgan fingerprint density at radius 3 is 0.943 bits per heavy atom. The van der Waals surface area contributed by atoms with Crippen molar-refractivity contribution in [2.75, 3.05) is 34.4 Å². The first-order valence-corrected chi connectivity index (χ1v) is 18.1. The van der Waals surface area contributed by atoms with Crippen molar-refractivity contribution in [3.05, 3.63) is 175 Å². The largest absolute Gasteiger partial charge is 0.399 e. The van der Waals surface area contributed by atoms with E-state index in [-0.39, 0.29) is 0 Å². The van der Waals surface area contributed by atoms with Gasteiger partial charge in [0.15, 0.2) is 0 Å². The normalized spacial score (nSPS) is 10.6. The first-order valence-electron chi connectivity index (χ1n) is 18.1. The summed E-state index contributed by atoms with van der Waals surface area (Å²) in [4.78, 5) is 0. The van der Waals surface area contributed by atoms with Gasteiger partial charge in [-0.1, -0.05) is 60.7 Å². The van der Waals surface area contributed by atoms with Crippen LogP contribution in [0.15, 0.2) is 97.1 Å². The maximum Gasteiger partial charge on any atom is 0.0373 e. The molecule has 0 unspecified atom stereocenters. The molecule has 0 fully saturated rings. The Labute approximate surface area is 317 Å². The fourth-order valence-corrected chi connectivity index (χ4v) is 6.54. The standard InChI is InChI=1S/C17H22N2.2C15H18N2/c1-10-5-14(6-11(2)16(10)18)9-15-7-12(3)17(19)13(4)8-15;1-10-7-14(16)5-3-12(10)9-13-4-6-15(17)8-11(13)2;1-10-7-12(3-5-14(10)16)9-13-4-6-15(17)11(2)8-13/h5-8H,9,18-19H2,1-4H3;2*3-8H,9,16-17H2,1-2H3. The van der Waals surface area contributed by atoms with Gasteiger partial charge in [0, 0.05) is 34.1 Å². The Balaban J connectivity index is 0.000000178. The van der Waals surface area contributed by atoms with Crippen LogP contribution in [0, 0.1) is 55.4 Å². The molecule has 6 nitrogen and oxygen atoms in total. The molecule has 0 aliphatic heterocycles. The van der Waals surface area contributed by atoms with Crippen molar-refractivity contribution < 1.29 is 0 Å². The van der Waals surface area contributed by atoms with Crippen LogP contribution in [-0.2, 0) is 19.3 Å². The van der Waals surface area contributed by atoms with E-state index in [1.54, 1.807) is 0 Å². The summed E-state index contributed by atoms with van der Waals surface area (Å²) in [7, 11) is 0. The molecule has 276 valence electrons. The second-order valence-electron chi connectivity index (χ2n) is 14.6. The fourth-order valence-electron chi connectivity index (χ4n) is 6.54. The van der Waals surface area contributed by atoms with E-state index >= 15 is 0 Å². The summed E-state index contributed by atoms with van der Waals surface area (Å²) in [5.74, 6) is 0. The summed E-state index contributed by atoms with van der Waals surface area (Å²) < 4.78 is 0. The van der Waals surface area contributed by atoms with E-state index in [0.29, 0.717) is 0 Å². The van der Waals surface area contributed by atoms with Crippen LogP contribution < -0.4 is 34.4 Å². The smallest absolute Gasteiger partial charge is 0.0373 e. The first kappa shape index (κ1) is 39.9. The van der Waals surface area contributed by atoms with Gasteiger partial charge in [0.05, 0.1) is 0 Å². The summed E-state index contributed by atoms with van der Waals surface area (Å²) in [6, 6.07) is 33.2. The van der Waals surface area contributed by atoms with Crippen LogP contribution >= 0.6 is 0 Å². The number of nitrogen functional groups attached to an aromatic ring is 6. The van der Waals surface area contributed by atoms with E-state index < -0.39 is 0 Å². The fraction of sp³-hybridized carbons (Fsp3) is 0.234. The van der Waals surface area contributed by atoms with Crippen molar-refractivity contribution in [1.82, 2.24) is 0 Å². The zero-order valence-electron chi connectivity index (χ0n) is 32.8. The molecule has 0 bridgehead atoms. The molecule has 6 rings (SSSR count). The highest BCUT2D eigenvalue weighted by molar-refractivity contribution is 5.57. The molecule has 0 atom stereocenters. The van der Waals surface area contributed by atoms with Gasteiger partial charge in [0.2, 0.25) is 0 Å². The molecule has 0 radical (unpaired) electrons. The van der Waals surface area contributed by atoms with Gasteiger partial charge in [-0.2, -0.15) is 0 Å². The molecule has 0 aromatic heterocycles. The Bertz CT molecular complexity index is 2010. The summed E-state index contributed by atoms with van der Waals surface area (Å²) in [6.45, 7) is 16.5. The van der Waals surface area contributed by atoms with Gasteiger partial charge in [-0.05, 0) is 189 Å². The van der Waals surface area contributed by atoms with Gasteiger partial charge in [-0.25, -0.2) is 0 Å². The quantitative estimate of drug-likeness (QED) is 0.0947. The minimum atomic E-state index is 0.820. The topological polar surface area (TPSA) is 156 Å². The molecule has 6 aromatic carbocycles. The van der Waals surface area contributed by atoms with Gasteiger partial charge in [0.1, 0.15) is 0 Å². The minimum absolute atomic E-state index is 0.820. The van der Waals surface area contributed by atoms with E-state index in [2.05, 4.69) is 102 Å². The molecule has 0 aliphatic carbocycles. The molecule has 0 aliphatic rings. The number of hydrogen-bond donors (Lipinski definition) is 6. The van der Waals surface area contributed by atoms with Gasteiger partial charge >= 0.3 is 0 Å². The van der Waals surface area contributed by atoms with E-state index in [0.717, 1.165) is 86.8 Å². The van der Waals surface area contributed by atoms with Crippen LogP contribution in [0.3, 0.4) is 0 Å². The Morgan fingerprint density at radius 2 is 0.623 bits per heavy atom. The third kappa shape index (κ3) is 11.1. The summed E-state index contributed by atoms with van der Waals surface area (Å²) in [5, 5.41) is 0. The molecule has 0 spiro atoms. The van der Waals surface area contributed by atoms with E-state index in [1.807, 2.05) is 50.2 Å². The van der Waals surface area contributed by atoms with Crippen molar-refractivity contribution in [2.45, 2.75) is 74.7 Å². The molecule has 53 heavy (non-hydrogen) atoms. The summed E-state index contributed by atoms with van der Waals surface area (Å²) in [5.41, 5.74) is 57.4. The SMILES string of the molecule is Cc1cc(Cc2cc(C)c(N)c(C)c2)cc(C)c1N.Cc1cc(Cc2ccc(N)c(C)c2)ccc1N.Cc1cc(N)ccc1Cc1ccc(N)cc1C. The number of rotatable bonds is 6. The highest BCUT2D eigenvalue weighted by Crippen LogP contribution is 2.25. The Morgan fingerprint density at radius 1 is 0.302 bits per heavy atom. The second-order valence-corrected chi connectivity index (χ2v) is 14.6. The van der Waals surface area contributed by atoms with E-state index in [4.69, 9.17) is 34.4 Å². The van der Waals surface area contributed by atoms with Gasteiger partial charge in [-0.15, -0.1) is 0 Å². The average Bonchev–Trinajstić information content (AvgIpc) is 3.09. The van der Waals surface area contributed by atoms with E-state index in [9.17, 15) is 0 Å². The van der Waals surface area contributed by atoms with Gasteiger partial charge in [-0.3, -0.25) is 0 Å². The summed E-state index contributed by atoms with van der Waals surface area (Å²) >= 11 is 0. The Hall–Kier alpha value is -5.88. The second kappa shape index (κ2) is 17.6. The third-order valence-electron chi connectivity index (χ3n) is 9.91. The maximum absolute atomic E-state index is 6.00. The van der Waals surface area contributed by atoms with Crippen molar-refractivity contribution in [3.63, 3.8) is 0 Å². The Kier molecular flexibility index (Phi) is 13.2. The van der Waals surface area contributed by atoms with Crippen molar-refractivity contribution in [1.29, 1.82) is 0 Å². The number of anilines is 6. The molecule has 0 saturated heterocycles. The molecule has 12 N–H and O–H groups in total. The minimum Gasteiger partial charge on any atom is -0.399 e. The molecular weight excluding hydrogens is 649 g/mol. The lowest BCUT2D eigenvalue weighted by molar-refractivity contribution is 1.13. The number of hydrogen-bond acceptors (Lipinski definition) is 6. The van der Waals surface area contributed by atoms with Crippen LogP contribution in [-0.4, -0.2) is 0 Å². The predicted molar refractivity (Wildman–Crippen MR) is 231 cm³/mol. The van der Waals surface area contributed by atoms with E-state index in [1.165, 1.54) is 44.5 Å². The lowest BCUT2D eigenvalue weighted by Crippen LogP contribution is -1.99. The zero-order chi connectivity index (χ0) is 39.0. The highest BCUT2D eigenvalue weighted by Gasteiger charge is 2.07. The molecule has 6 heteroatoms. The van der Waals surface area contributed by atoms with Crippen LogP contribution in [0.4, 0.5) is 34.1 Å². The number of benzene rings is 6. The van der Waals surface area contributed by atoms with Crippen LogP contribution in [0.5, 0.6) is 0 Å². The highest BCUT2D eigenvalue weighted by atomic mass is 14.6. The first-order chi connectivity index (χ1) is 25.0. The maximum atomic E-state index is 6.00. The summed E-state index contributed by atoms with van der Waals surface area (Å²) in [6.07, 6.45) is 2.77. The van der Waals surface area contributed by atoms with Gasteiger partial charge in [0.25, 0.3) is 0 Å². The van der Waals surface area contributed by atoms with Crippen molar-refractivity contribution in [2.24, 2.45) is 0 Å². The monoisotopic (exact) mass is 706 g/mol. The molecule has 0 saturated carbocycles. The predicted octanol–water partition coefficient (Wildman–Crippen LogP) is 9.79. The molecule has 6 aromatic rings. The van der Waals surface area contributed by atoms with Crippen LogP contribution in [0.25, 0.3) is 0 Å². The average molecular weight is 707 g/mol. The van der Waals surface area contributed by atoms with Crippen molar-refractivity contribution >= 4 is 34.1 Å². The lowest BCUT2D eigenvalue weighted by atomic mass is 9.96. The zero-order valence-corrected chi connectivity index (χ0v) is 32.8. The lowest BCUT2D eigenvalue weighted by Gasteiger charge is -2.11. The molecular formula is C47H58N6.